The van der Waals surface area contributed by atoms with Gasteiger partial charge in [0.05, 0.1) is 28.7 Å². The van der Waals surface area contributed by atoms with E-state index in [1.165, 1.54) is 49.6 Å². The zero-order chi connectivity index (χ0) is 18.2. The lowest BCUT2D eigenvalue weighted by Gasteiger charge is -2.08. The summed E-state index contributed by atoms with van der Waals surface area (Å²) in [6, 6.07) is 9.58. The predicted octanol–water partition coefficient (Wildman–Crippen LogP) is 3.39. The lowest BCUT2D eigenvalue weighted by Crippen LogP contribution is -2.12. The van der Waals surface area contributed by atoms with E-state index in [-0.39, 0.29) is 21.6 Å². The highest BCUT2D eigenvalue weighted by Gasteiger charge is 2.34. The van der Waals surface area contributed by atoms with Crippen molar-refractivity contribution in [2.45, 2.75) is 11.1 Å². The van der Waals surface area contributed by atoms with Crippen LogP contribution in [0.15, 0.2) is 47.4 Å². The number of rotatable bonds is 4. The Morgan fingerprint density at radius 2 is 1.80 bits per heavy atom. The second kappa shape index (κ2) is 5.96. The molecule has 0 saturated carbocycles. The van der Waals surface area contributed by atoms with Gasteiger partial charge in [-0.2, -0.15) is 13.2 Å². The monoisotopic (exact) mass is 371 g/mol. The van der Waals surface area contributed by atoms with E-state index in [1.807, 2.05) is 0 Å². The maximum absolute atomic E-state index is 12.7. The number of benzene rings is 2. The number of H-pyrrole nitrogens is 1. The number of halogens is 3. The fraction of sp³-hybridized carbons (Fsp3) is 0.133. The molecule has 6 nitrogen and oxygen atoms in total. The van der Waals surface area contributed by atoms with E-state index in [4.69, 9.17) is 4.74 Å². The summed E-state index contributed by atoms with van der Waals surface area (Å²) in [6.07, 6.45) is -4.61. The van der Waals surface area contributed by atoms with Gasteiger partial charge < -0.3 is 9.72 Å². The fourth-order valence-corrected chi connectivity index (χ4v) is 3.23. The van der Waals surface area contributed by atoms with Crippen LogP contribution in [0, 0.1) is 0 Å². The van der Waals surface area contributed by atoms with Crippen LogP contribution in [0.25, 0.3) is 11.0 Å². The molecule has 0 aliphatic carbocycles. The van der Waals surface area contributed by atoms with Gasteiger partial charge in [-0.25, -0.2) is 13.4 Å². The third-order valence-electron chi connectivity index (χ3n) is 3.37. The van der Waals surface area contributed by atoms with Crippen molar-refractivity contribution in [3.05, 3.63) is 48.3 Å². The quantitative estimate of drug-likeness (QED) is 0.736. The summed E-state index contributed by atoms with van der Waals surface area (Å²) in [6.45, 7) is 0. The molecule has 0 saturated heterocycles. The summed E-state index contributed by atoms with van der Waals surface area (Å²) in [5, 5.41) is 0. The minimum absolute atomic E-state index is 0.00557. The van der Waals surface area contributed by atoms with Gasteiger partial charge in [-0.1, -0.05) is 0 Å². The molecule has 0 fully saturated rings. The third-order valence-corrected chi connectivity index (χ3v) is 4.77. The first-order valence-electron chi connectivity index (χ1n) is 6.93. The lowest BCUT2D eigenvalue weighted by molar-refractivity contribution is -0.144. The maximum atomic E-state index is 12.7. The van der Waals surface area contributed by atoms with Crippen molar-refractivity contribution >= 4 is 26.7 Å². The van der Waals surface area contributed by atoms with Crippen LogP contribution in [0.5, 0.6) is 5.75 Å². The van der Waals surface area contributed by atoms with E-state index in [9.17, 15) is 21.6 Å². The fourth-order valence-electron chi connectivity index (χ4n) is 2.18. The van der Waals surface area contributed by atoms with E-state index in [0.29, 0.717) is 5.75 Å². The molecule has 132 valence electrons. The number of imidazole rings is 1. The normalized spacial score (nSPS) is 12.3. The molecule has 0 unspecified atom stereocenters. The van der Waals surface area contributed by atoms with Crippen LogP contribution in [-0.4, -0.2) is 25.5 Å². The maximum Gasteiger partial charge on any atom is 0.449 e. The minimum atomic E-state index is -4.61. The number of anilines is 1. The molecule has 0 aliphatic heterocycles. The van der Waals surface area contributed by atoms with E-state index >= 15 is 0 Å². The van der Waals surface area contributed by atoms with Gasteiger partial charge in [-0.3, -0.25) is 4.72 Å². The van der Waals surface area contributed by atoms with E-state index < -0.39 is 22.0 Å². The number of aromatic nitrogens is 2. The molecule has 0 atom stereocenters. The number of sulfonamides is 1. The van der Waals surface area contributed by atoms with Crippen LogP contribution in [0.3, 0.4) is 0 Å². The number of methoxy groups -OCH3 is 1. The highest BCUT2D eigenvalue weighted by Crippen LogP contribution is 2.29. The number of aromatic amines is 1. The van der Waals surface area contributed by atoms with Gasteiger partial charge in [0, 0.05) is 0 Å². The Hall–Kier alpha value is -2.75. The summed E-state index contributed by atoms with van der Waals surface area (Å²) in [4.78, 5) is 5.55. The Labute approximate surface area is 140 Å². The van der Waals surface area contributed by atoms with Crippen LogP contribution < -0.4 is 9.46 Å². The first-order valence-corrected chi connectivity index (χ1v) is 8.41. The highest BCUT2D eigenvalue weighted by atomic mass is 32.2. The van der Waals surface area contributed by atoms with Crippen LogP contribution in [-0.2, 0) is 16.2 Å². The van der Waals surface area contributed by atoms with Crippen molar-refractivity contribution in [1.82, 2.24) is 9.97 Å². The third kappa shape index (κ3) is 3.53. The van der Waals surface area contributed by atoms with Gasteiger partial charge in [-0.15, -0.1) is 0 Å². The molecule has 0 aliphatic rings. The summed E-state index contributed by atoms with van der Waals surface area (Å²) in [5.41, 5.74) is 0.266. The molecule has 0 radical (unpaired) electrons. The number of nitrogens with zero attached hydrogens (tertiary/aromatic N) is 1. The van der Waals surface area contributed by atoms with Crippen molar-refractivity contribution < 1.29 is 26.3 Å². The molecule has 0 amide bonds. The summed E-state index contributed by atoms with van der Waals surface area (Å²) >= 11 is 0. The van der Waals surface area contributed by atoms with Gasteiger partial charge in [0.15, 0.2) is 0 Å². The van der Waals surface area contributed by atoms with Gasteiger partial charge in [0.2, 0.25) is 5.82 Å². The molecule has 10 heteroatoms. The van der Waals surface area contributed by atoms with Gasteiger partial charge in [-0.05, 0) is 42.5 Å². The lowest BCUT2D eigenvalue weighted by atomic mass is 10.3. The molecular weight excluding hydrogens is 359 g/mol. The zero-order valence-corrected chi connectivity index (χ0v) is 13.6. The number of hydrogen-bond acceptors (Lipinski definition) is 4. The Kier molecular flexibility index (Phi) is 4.07. The summed E-state index contributed by atoms with van der Waals surface area (Å²) < 4.78 is 70.0. The summed E-state index contributed by atoms with van der Waals surface area (Å²) in [7, 11) is -2.44. The number of hydrogen-bond donors (Lipinski definition) is 2. The average Bonchev–Trinajstić information content (AvgIpc) is 2.98. The molecule has 1 heterocycles. The van der Waals surface area contributed by atoms with Crippen molar-refractivity contribution in [3.8, 4) is 5.75 Å². The molecular formula is C15H12F3N3O3S. The Morgan fingerprint density at radius 1 is 1.12 bits per heavy atom. The summed E-state index contributed by atoms with van der Waals surface area (Å²) in [5.74, 6) is -0.643. The average molecular weight is 371 g/mol. The van der Waals surface area contributed by atoms with Crippen LogP contribution in [0.1, 0.15) is 5.82 Å². The smallest absolute Gasteiger partial charge is 0.449 e. The number of nitrogens with one attached hydrogen (secondary N) is 2. The molecule has 0 spiro atoms. The van der Waals surface area contributed by atoms with Crippen molar-refractivity contribution in [2.75, 3.05) is 11.8 Å². The standard InChI is InChI=1S/C15H12F3N3O3S/c1-24-10-3-5-11(6-4-10)25(22,23)21-9-2-7-12-13(8-9)20-14(19-12)15(16,17)18/h2-8,21H,1H3,(H,19,20). The van der Waals surface area contributed by atoms with E-state index in [2.05, 4.69) is 14.7 Å². The number of ether oxygens (including phenoxy) is 1. The van der Waals surface area contributed by atoms with Crippen molar-refractivity contribution in [1.29, 1.82) is 0 Å². The van der Waals surface area contributed by atoms with Gasteiger partial charge >= 0.3 is 6.18 Å². The Bertz CT molecular complexity index is 1010. The highest BCUT2D eigenvalue weighted by molar-refractivity contribution is 7.92. The first kappa shape index (κ1) is 17.1. The molecule has 25 heavy (non-hydrogen) atoms. The van der Waals surface area contributed by atoms with Crippen LogP contribution in [0.4, 0.5) is 18.9 Å². The van der Waals surface area contributed by atoms with Crippen LogP contribution >= 0.6 is 0 Å². The molecule has 0 bridgehead atoms. The Morgan fingerprint density at radius 3 is 2.40 bits per heavy atom. The van der Waals surface area contributed by atoms with Crippen molar-refractivity contribution in [3.63, 3.8) is 0 Å². The van der Waals surface area contributed by atoms with E-state index in [1.54, 1.807) is 0 Å². The molecule has 2 aromatic carbocycles. The number of fused-ring (bicyclic) bond motifs is 1. The molecule has 2 N–H and O–H groups in total. The predicted molar refractivity (Wildman–Crippen MR) is 84.9 cm³/mol. The van der Waals surface area contributed by atoms with E-state index in [0.717, 1.165) is 0 Å². The largest absolute Gasteiger partial charge is 0.497 e. The molecule has 3 aromatic rings. The SMILES string of the molecule is COc1ccc(S(=O)(=O)Nc2ccc3nc(C(F)(F)F)[nH]c3c2)cc1. The topological polar surface area (TPSA) is 84.1 Å². The molecule has 3 rings (SSSR count). The first-order chi connectivity index (χ1) is 11.7. The zero-order valence-electron chi connectivity index (χ0n) is 12.8. The molecule has 1 aromatic heterocycles. The van der Waals surface area contributed by atoms with Crippen LogP contribution in [0.2, 0.25) is 0 Å². The van der Waals surface area contributed by atoms with Crippen molar-refractivity contribution in [2.24, 2.45) is 0 Å². The minimum Gasteiger partial charge on any atom is -0.497 e. The second-order valence-electron chi connectivity index (χ2n) is 5.10. The van der Waals surface area contributed by atoms with Gasteiger partial charge in [0.25, 0.3) is 10.0 Å². The second-order valence-corrected chi connectivity index (χ2v) is 6.78. The Balaban J connectivity index is 1.90. The van der Waals surface area contributed by atoms with Gasteiger partial charge in [0.1, 0.15) is 5.75 Å². The number of alkyl halides is 3.